The predicted octanol–water partition coefficient (Wildman–Crippen LogP) is 3.21. The second kappa shape index (κ2) is 8.40. The van der Waals surface area contributed by atoms with Gasteiger partial charge in [-0.05, 0) is 50.5 Å². The lowest BCUT2D eigenvalue weighted by Crippen LogP contribution is -2.43. The van der Waals surface area contributed by atoms with Gasteiger partial charge >= 0.3 is 0 Å². The van der Waals surface area contributed by atoms with Crippen molar-refractivity contribution in [3.8, 4) is 11.4 Å². The Kier molecular flexibility index (Phi) is 5.98. The van der Waals surface area contributed by atoms with E-state index >= 15 is 0 Å². The number of hydrogen-bond donors (Lipinski definition) is 1. The van der Waals surface area contributed by atoms with E-state index in [9.17, 15) is 4.79 Å². The number of anilines is 1. The summed E-state index contributed by atoms with van der Waals surface area (Å²) in [6.07, 6.45) is 5.19. The van der Waals surface area contributed by atoms with Gasteiger partial charge in [0.2, 0.25) is 5.91 Å². The molecule has 1 aromatic carbocycles. The maximum Gasteiger partial charge on any atom is 0.233 e. The normalized spacial score (nSPS) is 17.3. The number of aromatic nitrogens is 3. The molecule has 1 aliphatic heterocycles. The Morgan fingerprint density at radius 3 is 2.81 bits per heavy atom. The molecule has 0 bridgehead atoms. The van der Waals surface area contributed by atoms with Gasteiger partial charge in [0, 0.05) is 30.4 Å². The Balaban J connectivity index is 1.74. The minimum Gasteiger partial charge on any atom is -0.399 e. The molecule has 7 heteroatoms. The molecule has 3 rings (SSSR count). The standard InChI is InChI=1S/C19H25N5OS/c1-3-11-24-18(15-7-9-16(20)10-8-15)21-22-19(24)26-13-17(25)23-12-5-4-6-14(23)2/h3,7-10,14H,1,4-6,11-13,20H2,2H3. The van der Waals surface area contributed by atoms with Crippen molar-refractivity contribution < 1.29 is 4.79 Å². The summed E-state index contributed by atoms with van der Waals surface area (Å²) in [6.45, 7) is 7.39. The summed E-state index contributed by atoms with van der Waals surface area (Å²) >= 11 is 1.44. The molecule has 6 nitrogen and oxygen atoms in total. The molecule has 1 unspecified atom stereocenters. The smallest absolute Gasteiger partial charge is 0.233 e. The number of carbonyl (C=O) groups excluding carboxylic acids is 1. The third-order valence-electron chi connectivity index (χ3n) is 4.65. The van der Waals surface area contributed by atoms with Gasteiger partial charge in [0.15, 0.2) is 11.0 Å². The average Bonchev–Trinajstić information content (AvgIpc) is 3.04. The summed E-state index contributed by atoms with van der Waals surface area (Å²) in [6, 6.07) is 7.86. The molecule has 1 aromatic heterocycles. The molecule has 1 atom stereocenters. The fraction of sp³-hybridized carbons (Fsp3) is 0.421. The van der Waals surface area contributed by atoms with Crippen LogP contribution in [0.2, 0.25) is 0 Å². The van der Waals surface area contributed by atoms with Crippen LogP contribution >= 0.6 is 11.8 Å². The van der Waals surface area contributed by atoms with Crippen molar-refractivity contribution in [3.63, 3.8) is 0 Å². The molecule has 1 amide bonds. The van der Waals surface area contributed by atoms with Crippen LogP contribution in [-0.2, 0) is 11.3 Å². The Bertz CT molecular complexity index is 771. The van der Waals surface area contributed by atoms with Crippen molar-refractivity contribution in [2.75, 3.05) is 18.0 Å². The highest BCUT2D eigenvalue weighted by atomic mass is 32.2. The van der Waals surface area contributed by atoms with Gasteiger partial charge in [-0.2, -0.15) is 0 Å². The third-order valence-corrected chi connectivity index (χ3v) is 5.60. The number of carbonyl (C=O) groups is 1. The monoisotopic (exact) mass is 371 g/mol. The largest absolute Gasteiger partial charge is 0.399 e. The number of rotatable bonds is 6. The number of thioether (sulfide) groups is 1. The SMILES string of the molecule is C=CCn1c(SCC(=O)N2CCCCC2C)nnc1-c1ccc(N)cc1. The molecule has 2 N–H and O–H groups in total. The van der Waals surface area contributed by atoms with Crippen LogP contribution < -0.4 is 5.73 Å². The topological polar surface area (TPSA) is 77.0 Å². The third kappa shape index (κ3) is 4.09. The van der Waals surface area contributed by atoms with Gasteiger partial charge in [-0.1, -0.05) is 17.8 Å². The van der Waals surface area contributed by atoms with E-state index in [1.165, 1.54) is 18.2 Å². The zero-order valence-electron chi connectivity index (χ0n) is 15.1. The highest BCUT2D eigenvalue weighted by Gasteiger charge is 2.24. The minimum atomic E-state index is 0.171. The van der Waals surface area contributed by atoms with E-state index in [2.05, 4.69) is 23.7 Å². The number of hydrogen-bond acceptors (Lipinski definition) is 5. The summed E-state index contributed by atoms with van der Waals surface area (Å²) in [7, 11) is 0. The molecular weight excluding hydrogens is 346 g/mol. The van der Waals surface area contributed by atoms with Crippen LogP contribution in [-0.4, -0.2) is 43.9 Å². The van der Waals surface area contributed by atoms with Crippen LogP contribution in [0.4, 0.5) is 5.69 Å². The molecule has 1 fully saturated rings. The number of nitrogens with two attached hydrogens (primary N) is 1. The summed E-state index contributed by atoms with van der Waals surface area (Å²) in [5, 5.41) is 9.35. The van der Waals surface area contributed by atoms with Crippen molar-refractivity contribution in [1.82, 2.24) is 19.7 Å². The zero-order chi connectivity index (χ0) is 18.5. The minimum absolute atomic E-state index is 0.171. The Hall–Kier alpha value is -2.28. The molecule has 1 aliphatic rings. The maximum absolute atomic E-state index is 12.6. The molecule has 0 radical (unpaired) electrons. The van der Waals surface area contributed by atoms with Crippen molar-refractivity contribution in [3.05, 3.63) is 36.9 Å². The zero-order valence-corrected chi connectivity index (χ0v) is 15.9. The lowest BCUT2D eigenvalue weighted by Gasteiger charge is -2.33. The number of allylic oxidation sites excluding steroid dienone is 1. The van der Waals surface area contributed by atoms with Crippen molar-refractivity contribution in [1.29, 1.82) is 0 Å². The molecule has 0 aliphatic carbocycles. The van der Waals surface area contributed by atoms with Crippen LogP contribution in [0.5, 0.6) is 0 Å². The van der Waals surface area contributed by atoms with Crippen LogP contribution in [0.3, 0.4) is 0 Å². The van der Waals surface area contributed by atoms with Crippen LogP contribution in [0, 0.1) is 0 Å². The second-order valence-electron chi connectivity index (χ2n) is 6.55. The average molecular weight is 372 g/mol. The number of piperidine rings is 1. The predicted molar refractivity (Wildman–Crippen MR) is 106 cm³/mol. The molecule has 138 valence electrons. The molecule has 0 saturated carbocycles. The van der Waals surface area contributed by atoms with Gasteiger partial charge in [-0.15, -0.1) is 16.8 Å². The number of nitrogens with zero attached hydrogens (tertiary/aromatic N) is 4. The summed E-state index contributed by atoms with van der Waals surface area (Å²) < 4.78 is 1.98. The van der Waals surface area contributed by atoms with E-state index in [1.54, 1.807) is 0 Å². The lowest BCUT2D eigenvalue weighted by molar-refractivity contribution is -0.131. The van der Waals surface area contributed by atoms with Crippen molar-refractivity contribution >= 4 is 23.4 Å². The van der Waals surface area contributed by atoms with Crippen molar-refractivity contribution in [2.24, 2.45) is 0 Å². The Labute approximate surface area is 158 Å². The first kappa shape index (κ1) is 18.5. The molecule has 1 saturated heterocycles. The van der Waals surface area contributed by atoms with E-state index in [4.69, 9.17) is 5.73 Å². The first-order chi connectivity index (χ1) is 12.6. The summed E-state index contributed by atoms with van der Waals surface area (Å²) in [5.41, 5.74) is 7.41. The highest BCUT2D eigenvalue weighted by molar-refractivity contribution is 7.99. The lowest BCUT2D eigenvalue weighted by atomic mass is 10.0. The number of amides is 1. The summed E-state index contributed by atoms with van der Waals surface area (Å²) in [4.78, 5) is 14.6. The molecular formula is C19H25N5OS. The van der Waals surface area contributed by atoms with E-state index in [0.29, 0.717) is 24.0 Å². The van der Waals surface area contributed by atoms with Gasteiger partial charge in [0.25, 0.3) is 0 Å². The van der Waals surface area contributed by atoms with Gasteiger partial charge in [0.1, 0.15) is 0 Å². The quantitative estimate of drug-likeness (QED) is 0.479. The van der Waals surface area contributed by atoms with E-state index in [-0.39, 0.29) is 5.91 Å². The van der Waals surface area contributed by atoms with Crippen molar-refractivity contribution in [2.45, 2.75) is 43.9 Å². The molecule has 2 aromatic rings. The molecule has 26 heavy (non-hydrogen) atoms. The van der Waals surface area contributed by atoms with Crippen LogP contribution in [0.15, 0.2) is 42.1 Å². The van der Waals surface area contributed by atoms with E-state index in [1.807, 2.05) is 39.8 Å². The van der Waals surface area contributed by atoms with Gasteiger partial charge in [0.05, 0.1) is 5.75 Å². The number of likely N-dealkylation sites (tertiary alicyclic amines) is 1. The van der Waals surface area contributed by atoms with Crippen LogP contribution in [0.1, 0.15) is 26.2 Å². The Morgan fingerprint density at radius 1 is 1.35 bits per heavy atom. The maximum atomic E-state index is 12.6. The number of benzene rings is 1. The van der Waals surface area contributed by atoms with Crippen LogP contribution in [0.25, 0.3) is 11.4 Å². The van der Waals surface area contributed by atoms with E-state index < -0.39 is 0 Å². The summed E-state index contributed by atoms with van der Waals surface area (Å²) in [5.74, 6) is 1.30. The highest BCUT2D eigenvalue weighted by Crippen LogP contribution is 2.26. The van der Waals surface area contributed by atoms with Gasteiger partial charge < -0.3 is 10.6 Å². The fourth-order valence-electron chi connectivity index (χ4n) is 3.21. The second-order valence-corrected chi connectivity index (χ2v) is 7.49. The van der Waals surface area contributed by atoms with E-state index in [0.717, 1.165) is 35.9 Å². The van der Waals surface area contributed by atoms with Gasteiger partial charge in [-0.3, -0.25) is 9.36 Å². The van der Waals surface area contributed by atoms with Gasteiger partial charge in [-0.25, -0.2) is 0 Å². The molecule has 2 heterocycles. The number of nitrogen functional groups attached to an aromatic ring is 1. The molecule has 0 spiro atoms. The fourth-order valence-corrected chi connectivity index (χ4v) is 4.05. The first-order valence-electron chi connectivity index (χ1n) is 8.92. The first-order valence-corrected chi connectivity index (χ1v) is 9.91. The Morgan fingerprint density at radius 2 is 2.12 bits per heavy atom.